The van der Waals surface area contributed by atoms with Crippen LogP contribution in [0.15, 0.2) is 84.4 Å². The summed E-state index contributed by atoms with van der Waals surface area (Å²) in [4.78, 5) is 0. The van der Waals surface area contributed by atoms with Crippen LogP contribution in [-0.2, 0) is 24.7 Å². The van der Waals surface area contributed by atoms with E-state index in [0.29, 0.717) is 3.63 Å². The molecule has 0 spiro atoms. The molecule has 0 radical (unpaired) electrons. The summed E-state index contributed by atoms with van der Waals surface area (Å²) in [7, 11) is 0. The largest absolute Gasteiger partial charge is 1.00 e. The summed E-state index contributed by atoms with van der Waals surface area (Å²) in [5, 5.41) is 5.36. The van der Waals surface area contributed by atoms with E-state index in [4.69, 9.17) is 0 Å². The maximum atomic E-state index is 2.32. The fourth-order valence-electron chi connectivity index (χ4n) is 4.19. The molecule has 0 saturated carbocycles. The van der Waals surface area contributed by atoms with Gasteiger partial charge in [0.25, 0.3) is 0 Å². The second-order valence-corrected chi connectivity index (χ2v) is 8.19. The minimum atomic E-state index is 0. The molecule has 0 bridgehead atoms. The quantitative estimate of drug-likeness (QED) is 0.356. The molecule has 0 fully saturated rings. The summed E-state index contributed by atoms with van der Waals surface area (Å²) >= 11 is 1.57. The van der Waals surface area contributed by atoms with Gasteiger partial charge in [-0.15, -0.1) is 0 Å². The summed E-state index contributed by atoms with van der Waals surface area (Å²) in [6.07, 6.45) is 0. The number of hydrogen-bond acceptors (Lipinski definition) is 0. The van der Waals surface area contributed by atoms with Gasteiger partial charge in [0.05, 0.1) is 0 Å². The smallest absolute Gasteiger partial charge is 1.00 e. The van der Waals surface area contributed by atoms with E-state index in [2.05, 4.69) is 85.8 Å². The van der Waals surface area contributed by atoms with Crippen molar-refractivity contribution in [3.8, 4) is 0 Å². The number of hydrogen-bond donors (Lipinski definition) is 0. The molecule has 5 rings (SSSR count). The van der Waals surface area contributed by atoms with Gasteiger partial charge in [-0.25, -0.2) is 0 Å². The molecule has 0 nitrogen and oxygen atoms in total. The molecule has 0 N–H and O–H groups in total. The van der Waals surface area contributed by atoms with Crippen molar-refractivity contribution in [2.75, 3.05) is 0 Å². The van der Waals surface area contributed by atoms with E-state index >= 15 is 0 Å². The van der Waals surface area contributed by atoms with Gasteiger partial charge in [-0.3, -0.25) is 0 Å². The summed E-state index contributed by atoms with van der Waals surface area (Å²) < 4.78 is 0.573. The predicted octanol–water partition coefficient (Wildman–Crippen LogP) is 0.424. The number of halogens is 2. The molecule has 0 aliphatic heterocycles. The molecule has 0 amide bonds. The van der Waals surface area contributed by atoms with Crippen molar-refractivity contribution in [1.82, 2.24) is 0 Å². The molecule has 1 aliphatic rings. The Kier molecular flexibility index (Phi) is 5.97. The molecular weight excluding hydrogens is 450 g/mol. The fraction of sp³-hybridized carbons (Fsp3) is 0.0833. The summed E-state index contributed by atoms with van der Waals surface area (Å²) in [5.41, 5.74) is 7.25. The van der Waals surface area contributed by atoms with Crippen molar-refractivity contribution in [2.24, 2.45) is 0 Å². The van der Waals surface area contributed by atoms with Gasteiger partial charge in [-0.2, -0.15) is 0 Å². The van der Waals surface area contributed by atoms with Crippen molar-refractivity contribution < 1.29 is 49.5 Å². The molecule has 1 unspecified atom stereocenters. The van der Waals surface area contributed by atoms with Gasteiger partial charge < -0.3 is 24.8 Å². The average Bonchev–Trinajstić information content (AvgIpc) is 2.92. The van der Waals surface area contributed by atoms with Crippen LogP contribution in [0.1, 0.15) is 27.2 Å². The zero-order chi connectivity index (χ0) is 17.0. The predicted molar refractivity (Wildman–Crippen MR) is 102 cm³/mol. The molecule has 1 atom stereocenters. The molecule has 131 valence electrons. The van der Waals surface area contributed by atoms with Gasteiger partial charge in [0.15, 0.2) is 0 Å². The first-order valence-corrected chi connectivity index (χ1v) is 10.1. The Morgan fingerprint density at radius 2 is 1.30 bits per heavy atom. The molecule has 1 aliphatic carbocycles. The van der Waals surface area contributed by atoms with Crippen LogP contribution in [0, 0.1) is 0 Å². The zero-order valence-electron chi connectivity index (χ0n) is 14.8. The van der Waals surface area contributed by atoms with E-state index in [0.717, 1.165) is 0 Å². The Balaban J connectivity index is 0.00000105. The van der Waals surface area contributed by atoms with Crippen LogP contribution in [0.2, 0.25) is 0 Å². The van der Waals surface area contributed by atoms with E-state index in [1.807, 2.05) is 0 Å². The van der Waals surface area contributed by atoms with Crippen LogP contribution in [-0.4, -0.2) is 0 Å². The SMILES string of the molecule is CC1=C(c2cccc3ccc4ccccc4c23)c2ccccc2[CH]1[Zr+2].[Cl-].[Cl-]. The molecule has 0 saturated heterocycles. The Bertz CT molecular complexity index is 1180. The maximum Gasteiger partial charge on any atom is -1.00 e. The normalized spacial score (nSPS) is 15.4. The van der Waals surface area contributed by atoms with Crippen molar-refractivity contribution in [1.29, 1.82) is 0 Å². The number of benzene rings is 4. The fourth-order valence-corrected chi connectivity index (χ4v) is 5.17. The van der Waals surface area contributed by atoms with E-state index in [-0.39, 0.29) is 24.8 Å². The second kappa shape index (κ2) is 7.92. The maximum absolute atomic E-state index is 2.32. The monoisotopic (exact) mass is 465 g/mol. The second-order valence-electron chi connectivity index (χ2n) is 6.77. The zero-order valence-corrected chi connectivity index (χ0v) is 18.8. The average molecular weight is 468 g/mol. The first kappa shape index (κ1) is 20.3. The topological polar surface area (TPSA) is 0 Å². The Morgan fingerprint density at radius 1 is 0.667 bits per heavy atom. The Morgan fingerprint density at radius 3 is 2.15 bits per heavy atom. The van der Waals surface area contributed by atoms with Crippen molar-refractivity contribution >= 4 is 27.1 Å². The molecule has 0 heterocycles. The number of rotatable bonds is 1. The summed E-state index contributed by atoms with van der Waals surface area (Å²) in [5.74, 6) is 0. The number of allylic oxidation sites excluding steroid dienone is 1. The van der Waals surface area contributed by atoms with Crippen molar-refractivity contribution in [3.63, 3.8) is 0 Å². The molecule has 4 aromatic rings. The van der Waals surface area contributed by atoms with Gasteiger partial charge in [0, 0.05) is 0 Å². The molecule has 27 heavy (non-hydrogen) atoms. The van der Waals surface area contributed by atoms with E-state index in [9.17, 15) is 0 Å². The van der Waals surface area contributed by atoms with Crippen LogP contribution >= 0.6 is 0 Å². The minimum absolute atomic E-state index is 0. The molecule has 0 aromatic heterocycles. The van der Waals surface area contributed by atoms with Crippen LogP contribution in [0.3, 0.4) is 0 Å². The third kappa shape index (κ3) is 3.11. The van der Waals surface area contributed by atoms with Gasteiger partial charge in [0.2, 0.25) is 0 Å². The van der Waals surface area contributed by atoms with E-state index < -0.39 is 0 Å². The standard InChI is InChI=1S/C24H17.2ClH.Zr/c1-16-15-19-8-3-5-11-21(19)23(16)22-12-6-9-18-14-13-17-7-2-4-10-20(17)24(18)22;;;/h2-15H,1H3;2*1H;/q;;;+2/p-2. The summed E-state index contributed by atoms with van der Waals surface area (Å²) in [6.45, 7) is 2.32. The Hall–Kier alpha value is -1.40. The number of fused-ring (bicyclic) bond motifs is 4. The molecular formula is C24H17Cl2Zr. The van der Waals surface area contributed by atoms with Crippen LogP contribution < -0.4 is 24.8 Å². The van der Waals surface area contributed by atoms with Crippen LogP contribution in [0.25, 0.3) is 27.1 Å². The van der Waals surface area contributed by atoms with Crippen LogP contribution in [0.4, 0.5) is 0 Å². The van der Waals surface area contributed by atoms with Crippen LogP contribution in [0.5, 0.6) is 0 Å². The molecule has 4 aromatic carbocycles. The minimum Gasteiger partial charge on any atom is -1.00 e. The van der Waals surface area contributed by atoms with Crippen molar-refractivity contribution in [2.45, 2.75) is 10.5 Å². The first-order chi connectivity index (χ1) is 12.3. The van der Waals surface area contributed by atoms with E-state index in [1.54, 1.807) is 24.7 Å². The molecule has 3 heteroatoms. The van der Waals surface area contributed by atoms with Crippen molar-refractivity contribution in [3.05, 3.63) is 101 Å². The summed E-state index contributed by atoms with van der Waals surface area (Å²) in [6, 6.07) is 28.9. The third-order valence-corrected chi connectivity index (χ3v) is 7.24. The van der Waals surface area contributed by atoms with Gasteiger partial charge in [-0.1, -0.05) is 0 Å². The third-order valence-electron chi connectivity index (χ3n) is 5.41. The first-order valence-electron chi connectivity index (χ1n) is 8.68. The van der Waals surface area contributed by atoms with Gasteiger partial charge >= 0.3 is 164 Å². The van der Waals surface area contributed by atoms with E-state index in [1.165, 1.54) is 49.4 Å². The Labute approximate surface area is 187 Å². The van der Waals surface area contributed by atoms with Gasteiger partial charge in [-0.05, 0) is 0 Å². The van der Waals surface area contributed by atoms with Gasteiger partial charge in [0.1, 0.15) is 0 Å².